The van der Waals surface area contributed by atoms with Crippen molar-refractivity contribution in [3.63, 3.8) is 0 Å². The predicted molar refractivity (Wildman–Crippen MR) is 72.9 cm³/mol. The molecule has 0 aromatic rings. The molecule has 2 nitrogen and oxygen atoms in total. The molecule has 16 heavy (non-hydrogen) atoms. The molecule has 0 fully saturated rings. The van der Waals surface area contributed by atoms with Gasteiger partial charge in [0.2, 0.25) is 0 Å². The molecule has 1 unspecified atom stereocenters. The molecule has 0 saturated carbocycles. The lowest BCUT2D eigenvalue weighted by Gasteiger charge is -2.21. The Hall–Kier alpha value is 0.155. The summed E-state index contributed by atoms with van der Waals surface area (Å²) in [5.41, 5.74) is 0. The maximum Gasteiger partial charge on any atom is 0.148 e. The van der Waals surface area contributed by atoms with Gasteiger partial charge in [0.25, 0.3) is 0 Å². The summed E-state index contributed by atoms with van der Waals surface area (Å²) in [6.45, 7) is 10.5. The van der Waals surface area contributed by atoms with E-state index >= 15 is 0 Å². The Kier molecular flexibility index (Phi) is 9.30. The molecule has 0 bridgehead atoms. The summed E-state index contributed by atoms with van der Waals surface area (Å²) in [6, 6.07) is 0. The van der Waals surface area contributed by atoms with Gasteiger partial charge in [-0.2, -0.15) is 0 Å². The van der Waals surface area contributed by atoms with Crippen LogP contribution in [0.1, 0.15) is 33.1 Å². The highest BCUT2D eigenvalue weighted by molar-refractivity contribution is 7.77. The highest BCUT2D eigenvalue weighted by Gasteiger charge is 2.15. The molecule has 0 saturated heterocycles. The van der Waals surface area contributed by atoms with Crippen molar-refractivity contribution in [2.24, 2.45) is 11.8 Å². The Morgan fingerprint density at radius 2 is 2.06 bits per heavy atom. The molecule has 0 aromatic carbocycles. The van der Waals surface area contributed by atoms with Crippen LogP contribution in [0, 0.1) is 11.8 Å². The maximum absolute atomic E-state index is 9.81. The average Bonchev–Trinajstić information content (AvgIpc) is 2.17. The first kappa shape index (κ1) is 16.2. The lowest BCUT2D eigenvalue weighted by Crippen LogP contribution is -2.18. The van der Waals surface area contributed by atoms with Gasteiger partial charge in [-0.15, -0.1) is 6.58 Å². The van der Waals surface area contributed by atoms with Crippen LogP contribution in [0.4, 0.5) is 0 Å². The van der Waals surface area contributed by atoms with Gasteiger partial charge in [-0.1, -0.05) is 19.9 Å². The summed E-state index contributed by atoms with van der Waals surface area (Å²) in [5.74, 6) is 1.08. The predicted octanol–water partition coefficient (Wildman–Crippen LogP) is 3.10. The van der Waals surface area contributed by atoms with E-state index in [9.17, 15) is 5.11 Å². The minimum absolute atomic E-state index is 0.280. The number of hydrogen-bond acceptors (Lipinski definition) is 2. The topological polar surface area (TPSA) is 29.5 Å². The lowest BCUT2D eigenvalue weighted by molar-refractivity contribution is 0.108. The van der Waals surface area contributed by atoms with Gasteiger partial charge in [-0.3, -0.25) is 0 Å². The van der Waals surface area contributed by atoms with Crippen molar-refractivity contribution in [2.45, 2.75) is 39.2 Å². The summed E-state index contributed by atoms with van der Waals surface area (Å²) in [4.78, 5) is 0. The number of hydrogen-bond donors (Lipinski definition) is 1. The van der Waals surface area contributed by atoms with Crippen LogP contribution in [0.2, 0.25) is 0 Å². The van der Waals surface area contributed by atoms with Crippen LogP contribution in [0.5, 0.6) is 0 Å². The van der Waals surface area contributed by atoms with Crippen molar-refractivity contribution in [1.29, 1.82) is 0 Å². The van der Waals surface area contributed by atoms with Crippen LogP contribution in [0.25, 0.3) is 0 Å². The van der Waals surface area contributed by atoms with Gasteiger partial charge in [0, 0.05) is 0 Å². The molecular weight excluding hydrogens is 218 g/mol. The Balaban J connectivity index is 3.68. The van der Waals surface area contributed by atoms with E-state index in [0.717, 1.165) is 12.8 Å². The molecular formula is C12H24BO2P. The molecule has 2 radical (unpaired) electrons. The van der Waals surface area contributed by atoms with Crippen LogP contribution < -0.4 is 0 Å². The highest BCUT2D eigenvalue weighted by Crippen LogP contribution is 2.25. The van der Waals surface area contributed by atoms with Crippen molar-refractivity contribution in [1.82, 2.24) is 0 Å². The van der Waals surface area contributed by atoms with Crippen LogP contribution >= 0.6 is 8.03 Å². The van der Waals surface area contributed by atoms with Crippen LogP contribution in [-0.2, 0) is 4.52 Å². The summed E-state index contributed by atoms with van der Waals surface area (Å²) in [5, 5.41) is 9.81. The summed E-state index contributed by atoms with van der Waals surface area (Å²) in [6.07, 6.45) is 4.17. The Morgan fingerprint density at radius 1 is 1.44 bits per heavy atom. The van der Waals surface area contributed by atoms with Crippen LogP contribution in [-0.4, -0.2) is 32.0 Å². The van der Waals surface area contributed by atoms with Crippen LogP contribution in [0.15, 0.2) is 12.7 Å². The van der Waals surface area contributed by atoms with Crippen molar-refractivity contribution >= 4 is 15.6 Å². The summed E-state index contributed by atoms with van der Waals surface area (Å²) < 4.78 is 5.27. The molecule has 0 rings (SSSR count). The van der Waals surface area contributed by atoms with E-state index in [1.807, 2.05) is 12.7 Å². The van der Waals surface area contributed by atoms with E-state index in [-0.39, 0.29) is 6.10 Å². The third-order valence-corrected chi connectivity index (χ3v) is 3.49. The quantitative estimate of drug-likeness (QED) is 0.382. The van der Waals surface area contributed by atoms with E-state index in [0.29, 0.717) is 24.9 Å². The third-order valence-electron chi connectivity index (χ3n) is 2.90. The van der Waals surface area contributed by atoms with Crippen molar-refractivity contribution in [2.75, 3.05) is 13.3 Å². The smallest absolute Gasteiger partial charge is 0.148 e. The molecule has 0 aliphatic rings. The van der Waals surface area contributed by atoms with Gasteiger partial charge in [0.1, 0.15) is 7.57 Å². The van der Waals surface area contributed by atoms with Crippen LogP contribution in [0.3, 0.4) is 0 Å². The number of rotatable bonds is 9. The fourth-order valence-electron chi connectivity index (χ4n) is 1.61. The van der Waals surface area contributed by atoms with Gasteiger partial charge in [0.05, 0.1) is 12.7 Å². The van der Waals surface area contributed by atoms with Gasteiger partial charge < -0.3 is 9.63 Å². The molecule has 92 valence electrons. The Labute approximate surface area is 103 Å². The van der Waals surface area contributed by atoms with Gasteiger partial charge in [0.15, 0.2) is 0 Å². The van der Waals surface area contributed by atoms with Gasteiger partial charge in [-0.05, 0) is 45.8 Å². The van der Waals surface area contributed by atoms with Crippen molar-refractivity contribution in [3.05, 3.63) is 12.7 Å². The summed E-state index contributed by atoms with van der Waals surface area (Å²) in [7, 11) is 4.72. The first-order chi connectivity index (χ1) is 7.47. The standard InChI is InChI=1S/C12H24BO2P/c1-5-6-10(2)11(3)9-12(14)7-8-15-16(4)13/h5,10-12,14H,1,6-9H2,2-4H3/t10-,11+,12+,16?/m0/s1. The SMILES string of the molecule is [B]P(C)OCC[C@@H](O)C[C@@H](C)[C@@H](C)CC=C. The first-order valence-electron chi connectivity index (χ1n) is 5.87. The van der Waals surface area contributed by atoms with Gasteiger partial charge >= 0.3 is 0 Å². The van der Waals surface area contributed by atoms with E-state index in [2.05, 4.69) is 20.4 Å². The fourth-order valence-corrected chi connectivity index (χ4v) is 2.00. The zero-order valence-electron chi connectivity index (χ0n) is 10.7. The zero-order chi connectivity index (χ0) is 12.6. The normalized spacial score (nSPS) is 18.8. The van der Waals surface area contributed by atoms with Gasteiger partial charge in [-0.25, -0.2) is 0 Å². The minimum atomic E-state index is -0.794. The largest absolute Gasteiger partial charge is 0.393 e. The molecule has 0 amide bonds. The second-order valence-electron chi connectivity index (χ2n) is 4.54. The fraction of sp³-hybridized carbons (Fsp3) is 0.833. The molecule has 0 aromatic heterocycles. The van der Waals surface area contributed by atoms with E-state index in [1.165, 1.54) is 0 Å². The molecule has 0 spiro atoms. The number of aliphatic hydroxyl groups is 1. The molecule has 1 N–H and O–H groups in total. The van der Waals surface area contributed by atoms with E-state index in [4.69, 9.17) is 12.1 Å². The Morgan fingerprint density at radius 3 is 2.56 bits per heavy atom. The zero-order valence-corrected chi connectivity index (χ0v) is 11.6. The highest BCUT2D eigenvalue weighted by atomic mass is 31.1. The molecule has 0 heterocycles. The maximum atomic E-state index is 9.81. The Bertz CT molecular complexity index is 188. The average molecular weight is 242 g/mol. The number of aliphatic hydroxyl groups excluding tert-OH is 1. The third kappa shape index (κ3) is 8.32. The van der Waals surface area contributed by atoms with Crippen molar-refractivity contribution < 1.29 is 9.63 Å². The van der Waals surface area contributed by atoms with E-state index < -0.39 is 8.03 Å². The van der Waals surface area contributed by atoms with E-state index in [1.54, 1.807) is 0 Å². The molecule has 4 atom stereocenters. The molecule has 0 aliphatic heterocycles. The van der Waals surface area contributed by atoms with Crippen molar-refractivity contribution in [3.8, 4) is 0 Å². The monoisotopic (exact) mass is 242 g/mol. The number of allylic oxidation sites excluding steroid dienone is 1. The second-order valence-corrected chi connectivity index (χ2v) is 5.89. The molecule has 0 aliphatic carbocycles. The molecule has 4 heteroatoms. The minimum Gasteiger partial charge on any atom is -0.393 e. The lowest BCUT2D eigenvalue weighted by atomic mass is 9.88. The summed E-state index contributed by atoms with van der Waals surface area (Å²) >= 11 is 0. The second kappa shape index (κ2) is 9.21. The first-order valence-corrected chi connectivity index (χ1v) is 7.65.